The summed E-state index contributed by atoms with van der Waals surface area (Å²) in [6, 6.07) is 4.87. The third-order valence-corrected chi connectivity index (χ3v) is 2.18. The molecule has 0 bridgehead atoms. The summed E-state index contributed by atoms with van der Waals surface area (Å²) in [4.78, 5) is 11.1. The summed E-state index contributed by atoms with van der Waals surface area (Å²) in [5, 5.41) is 10.3. The zero-order valence-corrected chi connectivity index (χ0v) is 8.00. The largest absolute Gasteiger partial charge is 0.504 e. The zero-order valence-electron chi connectivity index (χ0n) is 8.00. The van der Waals surface area contributed by atoms with Gasteiger partial charge in [0, 0.05) is 11.5 Å². The van der Waals surface area contributed by atoms with Gasteiger partial charge in [-0.15, -0.1) is 0 Å². The fourth-order valence-electron chi connectivity index (χ4n) is 1.54. The van der Waals surface area contributed by atoms with E-state index in [4.69, 9.17) is 4.42 Å². The summed E-state index contributed by atoms with van der Waals surface area (Å²) >= 11 is 0. The number of hydrogen-bond donors (Lipinski definition) is 1. The number of benzene rings is 1. The maximum absolute atomic E-state index is 11.1. The maximum Gasteiger partial charge on any atom is 0.336 e. The highest BCUT2D eigenvalue weighted by Crippen LogP contribution is 2.26. The van der Waals surface area contributed by atoms with Gasteiger partial charge < -0.3 is 9.52 Å². The molecule has 3 nitrogen and oxygen atoms in total. The van der Waals surface area contributed by atoms with Gasteiger partial charge in [0.05, 0.1) is 0 Å². The Labute approximate surface area is 80.6 Å². The molecule has 14 heavy (non-hydrogen) atoms. The van der Waals surface area contributed by atoms with Crippen LogP contribution in [0.4, 0.5) is 0 Å². The Kier molecular flexibility index (Phi) is 1.81. The average Bonchev–Trinajstić information content (AvgIpc) is 2.07. The van der Waals surface area contributed by atoms with Crippen LogP contribution >= 0.6 is 0 Å². The first-order valence-electron chi connectivity index (χ1n) is 4.32. The van der Waals surface area contributed by atoms with Crippen molar-refractivity contribution in [2.75, 3.05) is 0 Å². The van der Waals surface area contributed by atoms with Crippen LogP contribution in [0, 0.1) is 13.8 Å². The van der Waals surface area contributed by atoms with Crippen molar-refractivity contribution in [2.24, 2.45) is 0 Å². The Bertz CT molecular complexity index is 552. The summed E-state index contributed by atoms with van der Waals surface area (Å²) in [6.45, 7) is 3.70. The van der Waals surface area contributed by atoms with E-state index in [1.165, 1.54) is 6.07 Å². The van der Waals surface area contributed by atoms with Crippen molar-refractivity contribution in [1.82, 2.24) is 0 Å². The lowest BCUT2D eigenvalue weighted by Crippen LogP contribution is -1.98. The molecule has 2 aromatic rings. The molecule has 0 aliphatic rings. The van der Waals surface area contributed by atoms with Crippen molar-refractivity contribution in [1.29, 1.82) is 0 Å². The summed E-state index contributed by atoms with van der Waals surface area (Å²) in [5.41, 5.74) is 1.58. The predicted molar refractivity (Wildman–Crippen MR) is 53.6 cm³/mol. The third-order valence-electron chi connectivity index (χ3n) is 2.18. The fourth-order valence-corrected chi connectivity index (χ4v) is 1.54. The Balaban J connectivity index is 3.01. The van der Waals surface area contributed by atoms with E-state index >= 15 is 0 Å². The van der Waals surface area contributed by atoms with Crippen LogP contribution in [0.2, 0.25) is 0 Å². The van der Waals surface area contributed by atoms with E-state index in [1.54, 1.807) is 6.07 Å². The number of aryl methyl sites for hydroxylation is 2. The van der Waals surface area contributed by atoms with Crippen LogP contribution in [-0.2, 0) is 0 Å². The number of aromatic hydroxyl groups is 1. The molecule has 0 fully saturated rings. The minimum absolute atomic E-state index is 0.0146. The molecule has 0 saturated heterocycles. The van der Waals surface area contributed by atoms with Gasteiger partial charge in [-0.05, 0) is 37.1 Å². The molecular formula is C11H10O3. The van der Waals surface area contributed by atoms with Gasteiger partial charge in [0.15, 0.2) is 11.3 Å². The van der Waals surface area contributed by atoms with Crippen LogP contribution in [0.5, 0.6) is 5.75 Å². The summed E-state index contributed by atoms with van der Waals surface area (Å²) in [6.07, 6.45) is 0. The highest BCUT2D eigenvalue weighted by molar-refractivity contribution is 5.85. The molecule has 0 spiro atoms. The molecule has 1 aromatic carbocycles. The summed E-state index contributed by atoms with van der Waals surface area (Å²) < 4.78 is 4.92. The van der Waals surface area contributed by atoms with Gasteiger partial charge in [0.2, 0.25) is 0 Å². The van der Waals surface area contributed by atoms with Gasteiger partial charge >= 0.3 is 5.63 Å². The predicted octanol–water partition coefficient (Wildman–Crippen LogP) is 2.12. The molecule has 1 aromatic heterocycles. The number of rotatable bonds is 0. The standard InChI is InChI=1S/C11H10O3/c1-6-3-8-7(2)5-10(13)14-11(8)9(12)4-6/h3-5,12H,1-2H3. The molecule has 1 N–H and O–H groups in total. The molecule has 2 rings (SSSR count). The Morgan fingerprint density at radius 1 is 1.21 bits per heavy atom. The molecule has 0 unspecified atom stereocenters. The van der Waals surface area contributed by atoms with Gasteiger partial charge in [0.1, 0.15) is 0 Å². The number of phenolic OH excluding ortho intramolecular Hbond substituents is 1. The second-order valence-corrected chi connectivity index (χ2v) is 3.41. The van der Waals surface area contributed by atoms with Crippen molar-refractivity contribution in [3.63, 3.8) is 0 Å². The third kappa shape index (κ3) is 1.27. The Hall–Kier alpha value is -1.77. The first kappa shape index (κ1) is 8.81. The normalized spacial score (nSPS) is 10.7. The highest BCUT2D eigenvalue weighted by atomic mass is 16.4. The minimum atomic E-state index is -0.436. The SMILES string of the molecule is Cc1cc(O)c2oc(=O)cc(C)c2c1. The number of phenols is 1. The van der Waals surface area contributed by atoms with Crippen LogP contribution in [0.3, 0.4) is 0 Å². The van der Waals surface area contributed by atoms with Crippen LogP contribution < -0.4 is 5.63 Å². The van der Waals surface area contributed by atoms with E-state index < -0.39 is 5.63 Å². The molecule has 72 valence electrons. The van der Waals surface area contributed by atoms with Gasteiger partial charge in [0.25, 0.3) is 0 Å². The van der Waals surface area contributed by atoms with Gasteiger partial charge in [-0.3, -0.25) is 0 Å². The first-order chi connectivity index (χ1) is 6.58. The van der Waals surface area contributed by atoms with E-state index in [-0.39, 0.29) is 11.3 Å². The fraction of sp³-hybridized carbons (Fsp3) is 0.182. The van der Waals surface area contributed by atoms with Crippen molar-refractivity contribution >= 4 is 11.0 Å². The van der Waals surface area contributed by atoms with E-state index in [0.717, 1.165) is 16.5 Å². The molecule has 0 atom stereocenters. The molecular weight excluding hydrogens is 180 g/mol. The summed E-state index contributed by atoms with van der Waals surface area (Å²) in [7, 11) is 0. The van der Waals surface area contributed by atoms with Crippen LogP contribution in [-0.4, -0.2) is 5.11 Å². The lowest BCUT2D eigenvalue weighted by atomic mass is 10.1. The molecule has 0 radical (unpaired) electrons. The van der Waals surface area contributed by atoms with E-state index in [1.807, 2.05) is 19.9 Å². The second kappa shape index (κ2) is 2.87. The zero-order chi connectivity index (χ0) is 10.3. The first-order valence-corrected chi connectivity index (χ1v) is 4.32. The van der Waals surface area contributed by atoms with Crippen LogP contribution in [0.25, 0.3) is 11.0 Å². The lowest BCUT2D eigenvalue weighted by Gasteiger charge is -2.03. The Morgan fingerprint density at radius 2 is 1.93 bits per heavy atom. The lowest BCUT2D eigenvalue weighted by molar-refractivity contribution is 0.456. The number of fused-ring (bicyclic) bond motifs is 1. The quantitative estimate of drug-likeness (QED) is 0.647. The molecule has 1 heterocycles. The minimum Gasteiger partial charge on any atom is -0.504 e. The van der Waals surface area contributed by atoms with Crippen molar-refractivity contribution in [3.8, 4) is 5.75 Å². The molecule has 0 saturated carbocycles. The van der Waals surface area contributed by atoms with Crippen LogP contribution in [0.1, 0.15) is 11.1 Å². The smallest absolute Gasteiger partial charge is 0.336 e. The second-order valence-electron chi connectivity index (χ2n) is 3.41. The van der Waals surface area contributed by atoms with E-state index in [0.29, 0.717) is 0 Å². The van der Waals surface area contributed by atoms with Crippen molar-refractivity contribution in [3.05, 3.63) is 39.7 Å². The highest BCUT2D eigenvalue weighted by Gasteiger charge is 2.06. The van der Waals surface area contributed by atoms with E-state index in [9.17, 15) is 9.90 Å². The number of hydrogen-bond acceptors (Lipinski definition) is 3. The maximum atomic E-state index is 11.1. The molecule has 0 aliphatic carbocycles. The summed E-state index contributed by atoms with van der Waals surface area (Å²) in [5.74, 6) is 0.0146. The molecule has 0 aliphatic heterocycles. The average molecular weight is 190 g/mol. The topological polar surface area (TPSA) is 50.4 Å². The van der Waals surface area contributed by atoms with Crippen LogP contribution in [0.15, 0.2) is 27.4 Å². The monoisotopic (exact) mass is 190 g/mol. The molecule has 0 amide bonds. The van der Waals surface area contributed by atoms with Crippen molar-refractivity contribution < 1.29 is 9.52 Å². The van der Waals surface area contributed by atoms with E-state index in [2.05, 4.69) is 0 Å². The Morgan fingerprint density at radius 3 is 2.64 bits per heavy atom. The van der Waals surface area contributed by atoms with Gasteiger partial charge in [-0.1, -0.05) is 0 Å². The van der Waals surface area contributed by atoms with Crippen molar-refractivity contribution in [2.45, 2.75) is 13.8 Å². The van der Waals surface area contributed by atoms with Gasteiger partial charge in [-0.25, -0.2) is 4.79 Å². The molecule has 3 heteroatoms. The van der Waals surface area contributed by atoms with Gasteiger partial charge in [-0.2, -0.15) is 0 Å².